The van der Waals surface area contributed by atoms with E-state index in [1.165, 1.54) is 12.3 Å². The lowest BCUT2D eigenvalue weighted by Crippen LogP contribution is -2.33. The van der Waals surface area contributed by atoms with Gasteiger partial charge in [-0.15, -0.1) is 0 Å². The van der Waals surface area contributed by atoms with Gasteiger partial charge >= 0.3 is 0 Å². The Kier molecular flexibility index (Phi) is 5.38. The lowest BCUT2D eigenvalue weighted by Gasteiger charge is -2.19. The number of furan rings is 1. The molecule has 25 heavy (non-hydrogen) atoms. The molecule has 0 radical (unpaired) electrons. The molecule has 1 aromatic carbocycles. The second kappa shape index (κ2) is 7.70. The summed E-state index contributed by atoms with van der Waals surface area (Å²) in [6, 6.07) is 7.69. The topological polar surface area (TPSA) is 65.7 Å². The summed E-state index contributed by atoms with van der Waals surface area (Å²) in [5.74, 6) is -0.272. The van der Waals surface area contributed by atoms with E-state index in [4.69, 9.17) is 4.42 Å². The maximum atomic E-state index is 14.3. The van der Waals surface area contributed by atoms with E-state index >= 15 is 0 Å². The van der Waals surface area contributed by atoms with Gasteiger partial charge in [-0.25, -0.2) is 4.39 Å². The maximum absolute atomic E-state index is 14.3. The van der Waals surface area contributed by atoms with Gasteiger partial charge in [0, 0.05) is 31.1 Å². The van der Waals surface area contributed by atoms with Crippen molar-refractivity contribution in [3.8, 4) is 0 Å². The number of halogens is 1. The first-order valence-corrected chi connectivity index (χ1v) is 8.61. The predicted molar refractivity (Wildman–Crippen MR) is 93.1 cm³/mol. The van der Waals surface area contributed by atoms with Crippen LogP contribution in [0.15, 0.2) is 41.0 Å². The Morgan fingerprint density at radius 3 is 2.76 bits per heavy atom. The zero-order valence-electron chi connectivity index (χ0n) is 14.2. The first kappa shape index (κ1) is 17.5. The molecule has 134 valence electrons. The van der Waals surface area contributed by atoms with Crippen molar-refractivity contribution in [1.82, 2.24) is 5.32 Å². The molecule has 2 heterocycles. The van der Waals surface area contributed by atoms with Crippen molar-refractivity contribution in [1.29, 1.82) is 0 Å². The Bertz CT molecular complexity index is 711. The summed E-state index contributed by atoms with van der Waals surface area (Å²) in [6.07, 6.45) is 3.15. The Hall–Kier alpha value is -2.34. The van der Waals surface area contributed by atoms with Gasteiger partial charge in [0.05, 0.1) is 12.0 Å². The molecule has 0 spiro atoms. The highest BCUT2D eigenvalue weighted by molar-refractivity contribution is 5.94. The van der Waals surface area contributed by atoms with Crippen molar-refractivity contribution in [3.63, 3.8) is 0 Å². The number of anilines is 1. The fraction of sp³-hybridized carbons (Fsp3) is 0.421. The fourth-order valence-corrected chi connectivity index (χ4v) is 3.16. The molecule has 0 aliphatic carbocycles. The fourth-order valence-electron chi connectivity index (χ4n) is 3.16. The molecular weight excluding hydrogens is 323 g/mol. The Morgan fingerprint density at radius 2 is 2.12 bits per heavy atom. The van der Waals surface area contributed by atoms with Crippen LogP contribution in [0.25, 0.3) is 0 Å². The molecule has 1 aliphatic heterocycles. The highest BCUT2D eigenvalue weighted by Gasteiger charge is 2.20. The third kappa shape index (κ3) is 4.20. The number of aliphatic hydroxyl groups excluding tert-OH is 1. The van der Waals surface area contributed by atoms with Crippen LogP contribution in [0.1, 0.15) is 48.4 Å². The molecule has 6 heteroatoms. The largest absolute Gasteiger partial charge is 0.467 e. The molecule has 5 nitrogen and oxygen atoms in total. The standard InChI is InChI=1S/C19H23FN2O3/c1-13(11-17(23)18-5-4-10-25-18)21-19(24)14-6-7-16(15(20)12-14)22-8-2-3-9-22/h4-7,10,12-13,17,23H,2-3,8-9,11H2,1H3,(H,21,24). The molecule has 0 bridgehead atoms. The molecule has 1 fully saturated rings. The van der Waals surface area contributed by atoms with Crippen LogP contribution in [0, 0.1) is 5.82 Å². The van der Waals surface area contributed by atoms with Crippen LogP contribution in [-0.2, 0) is 0 Å². The smallest absolute Gasteiger partial charge is 0.251 e. The number of nitrogens with one attached hydrogen (secondary N) is 1. The lowest BCUT2D eigenvalue weighted by atomic mass is 10.1. The van der Waals surface area contributed by atoms with Gasteiger partial charge < -0.3 is 19.7 Å². The van der Waals surface area contributed by atoms with Crippen molar-refractivity contribution < 1.29 is 18.7 Å². The second-order valence-electron chi connectivity index (χ2n) is 6.50. The van der Waals surface area contributed by atoms with Crippen LogP contribution >= 0.6 is 0 Å². The summed E-state index contributed by atoms with van der Waals surface area (Å²) >= 11 is 0. The summed E-state index contributed by atoms with van der Waals surface area (Å²) in [5.41, 5.74) is 0.829. The molecule has 2 unspecified atom stereocenters. The predicted octanol–water partition coefficient (Wildman–Crippen LogP) is 3.26. The Balaban J connectivity index is 1.59. The van der Waals surface area contributed by atoms with Crippen molar-refractivity contribution in [2.24, 2.45) is 0 Å². The number of aliphatic hydroxyl groups is 1. The van der Waals surface area contributed by atoms with Crippen LogP contribution in [0.4, 0.5) is 10.1 Å². The molecule has 1 amide bonds. The Morgan fingerprint density at radius 1 is 1.36 bits per heavy atom. The summed E-state index contributed by atoms with van der Waals surface area (Å²) in [5, 5.41) is 12.8. The normalized spacial score (nSPS) is 16.7. The molecule has 2 N–H and O–H groups in total. The highest BCUT2D eigenvalue weighted by Crippen LogP contribution is 2.24. The van der Waals surface area contributed by atoms with E-state index < -0.39 is 6.10 Å². The van der Waals surface area contributed by atoms with E-state index in [-0.39, 0.29) is 23.3 Å². The zero-order chi connectivity index (χ0) is 17.8. The maximum Gasteiger partial charge on any atom is 0.251 e. The molecule has 1 aliphatic rings. The van der Waals surface area contributed by atoms with E-state index in [9.17, 15) is 14.3 Å². The van der Waals surface area contributed by atoms with Gasteiger partial charge in [0.15, 0.2) is 0 Å². The van der Waals surface area contributed by atoms with Gasteiger partial charge in [0.2, 0.25) is 0 Å². The molecular formula is C19H23FN2O3. The number of benzene rings is 1. The quantitative estimate of drug-likeness (QED) is 0.843. The SMILES string of the molecule is CC(CC(O)c1ccco1)NC(=O)c1ccc(N2CCCC2)c(F)c1. The molecule has 3 rings (SSSR count). The number of carbonyl (C=O) groups is 1. The number of hydrogen-bond acceptors (Lipinski definition) is 4. The van der Waals surface area contributed by atoms with Gasteiger partial charge in [0.1, 0.15) is 17.7 Å². The average Bonchev–Trinajstić information content (AvgIpc) is 3.28. The third-order valence-electron chi connectivity index (χ3n) is 4.48. The highest BCUT2D eigenvalue weighted by atomic mass is 19.1. The van der Waals surface area contributed by atoms with Gasteiger partial charge in [-0.2, -0.15) is 0 Å². The molecule has 1 saturated heterocycles. The van der Waals surface area contributed by atoms with Crippen molar-refractivity contribution >= 4 is 11.6 Å². The van der Waals surface area contributed by atoms with Crippen LogP contribution in [0.5, 0.6) is 0 Å². The number of nitrogens with zero attached hydrogens (tertiary/aromatic N) is 1. The molecule has 2 aromatic rings. The van der Waals surface area contributed by atoms with Crippen LogP contribution < -0.4 is 10.2 Å². The van der Waals surface area contributed by atoms with Gasteiger partial charge in [-0.3, -0.25) is 4.79 Å². The van der Waals surface area contributed by atoms with E-state index in [1.807, 2.05) is 4.90 Å². The van der Waals surface area contributed by atoms with Crippen LogP contribution in [-0.4, -0.2) is 30.1 Å². The van der Waals surface area contributed by atoms with Crippen molar-refractivity contribution in [2.75, 3.05) is 18.0 Å². The lowest BCUT2D eigenvalue weighted by molar-refractivity contribution is 0.0902. The average molecular weight is 346 g/mol. The van der Waals surface area contributed by atoms with Crippen LogP contribution in [0.2, 0.25) is 0 Å². The molecule has 1 aromatic heterocycles. The van der Waals surface area contributed by atoms with E-state index in [1.54, 1.807) is 31.2 Å². The Labute approximate surface area is 146 Å². The van der Waals surface area contributed by atoms with Crippen molar-refractivity contribution in [3.05, 3.63) is 53.7 Å². The minimum absolute atomic E-state index is 0.278. The van der Waals surface area contributed by atoms with Gasteiger partial charge in [-0.05, 0) is 50.1 Å². The van der Waals surface area contributed by atoms with Gasteiger partial charge in [0.25, 0.3) is 5.91 Å². The zero-order valence-corrected chi connectivity index (χ0v) is 14.2. The van der Waals surface area contributed by atoms with E-state index in [0.717, 1.165) is 25.9 Å². The third-order valence-corrected chi connectivity index (χ3v) is 4.48. The summed E-state index contributed by atoms with van der Waals surface area (Å²) in [4.78, 5) is 14.3. The summed E-state index contributed by atoms with van der Waals surface area (Å²) < 4.78 is 19.5. The first-order valence-electron chi connectivity index (χ1n) is 8.61. The number of hydrogen-bond donors (Lipinski definition) is 2. The summed E-state index contributed by atoms with van der Waals surface area (Å²) in [7, 11) is 0. The van der Waals surface area contributed by atoms with Crippen molar-refractivity contribution in [2.45, 2.75) is 38.3 Å². The number of carbonyl (C=O) groups excluding carboxylic acids is 1. The second-order valence-corrected chi connectivity index (χ2v) is 6.50. The summed E-state index contributed by atoms with van der Waals surface area (Å²) in [6.45, 7) is 3.49. The molecule has 2 atom stereocenters. The number of amides is 1. The first-order chi connectivity index (χ1) is 12.0. The number of rotatable bonds is 6. The van der Waals surface area contributed by atoms with E-state index in [2.05, 4.69) is 5.32 Å². The van der Waals surface area contributed by atoms with E-state index in [0.29, 0.717) is 17.9 Å². The minimum atomic E-state index is -0.792. The minimum Gasteiger partial charge on any atom is -0.467 e. The van der Waals surface area contributed by atoms with Gasteiger partial charge in [-0.1, -0.05) is 0 Å². The monoisotopic (exact) mass is 346 g/mol. The molecule has 0 saturated carbocycles. The van der Waals surface area contributed by atoms with Crippen LogP contribution in [0.3, 0.4) is 0 Å².